The molecule has 0 aliphatic heterocycles. The molecule has 18 heteroatoms. The van der Waals surface area contributed by atoms with Gasteiger partial charge in [-0.2, -0.15) is 34.8 Å². The van der Waals surface area contributed by atoms with Crippen LogP contribution in [0, 0.1) is 5.21 Å². The molecule has 1 N–H and O–H groups in total. The number of alkyl halides is 6. The second-order valence-corrected chi connectivity index (χ2v) is 10.0. The Hall–Kier alpha value is -1.21. The summed E-state index contributed by atoms with van der Waals surface area (Å²) in [5.41, 5.74) is -0.524. The largest absolute Gasteiger partial charge is 0.742 e. The Bertz CT molecular complexity index is 872. The average Bonchev–Trinajstić information content (AvgIpc) is 3.05. The Morgan fingerprint density at radius 2 is 1.55 bits per heavy atom. The normalized spacial score (nSPS) is 18.2. The van der Waals surface area contributed by atoms with Crippen molar-refractivity contribution in [1.82, 2.24) is 4.47 Å². The summed E-state index contributed by atoms with van der Waals surface area (Å²) in [6, 6.07) is 0. The molecule has 184 valence electrons. The Morgan fingerprint density at radius 1 is 1.06 bits per heavy atom. The lowest BCUT2D eigenvalue weighted by molar-refractivity contribution is -0.246. The van der Waals surface area contributed by atoms with E-state index in [4.69, 9.17) is 14.0 Å². The highest BCUT2D eigenvalue weighted by Crippen LogP contribution is 2.51. The first-order chi connectivity index (χ1) is 13.7. The van der Waals surface area contributed by atoms with Crippen LogP contribution in [0.1, 0.15) is 39.0 Å². The van der Waals surface area contributed by atoms with Crippen molar-refractivity contribution in [2.24, 2.45) is 0 Å². The summed E-state index contributed by atoms with van der Waals surface area (Å²) in [5.74, 6) is -9.62. The fourth-order valence-corrected chi connectivity index (χ4v) is 4.03. The Labute approximate surface area is 172 Å². The smallest absolute Gasteiger partial charge is 0.439 e. The molecule has 31 heavy (non-hydrogen) atoms. The molecule has 0 atom stereocenters. The van der Waals surface area contributed by atoms with Crippen LogP contribution in [0.15, 0.2) is 0 Å². The van der Waals surface area contributed by atoms with Crippen LogP contribution >= 0.6 is 0 Å². The molecule has 0 heterocycles. The molecule has 0 bridgehead atoms. The number of carbonyl (C=O) groups is 1. The van der Waals surface area contributed by atoms with Crippen LogP contribution in [0.5, 0.6) is 0 Å². The maximum atomic E-state index is 13.6. The highest BCUT2D eigenvalue weighted by molar-refractivity contribution is 7.91. The number of nitrogens with zero attached hydrogens (tertiary/aromatic N) is 1. The third-order valence-electron chi connectivity index (χ3n) is 4.41. The van der Waals surface area contributed by atoms with Crippen LogP contribution in [0.2, 0.25) is 0 Å². The first-order valence-electron chi connectivity index (χ1n) is 8.32. The van der Waals surface area contributed by atoms with Crippen molar-refractivity contribution >= 4 is 26.0 Å². The number of halogens is 6. The van der Waals surface area contributed by atoms with Gasteiger partial charge in [-0.15, -0.1) is 0 Å². The van der Waals surface area contributed by atoms with Gasteiger partial charge in [0.15, 0.2) is 0 Å². The van der Waals surface area contributed by atoms with Gasteiger partial charge in [0.05, 0.1) is 18.6 Å². The summed E-state index contributed by atoms with van der Waals surface area (Å²) >= 11 is 0. The van der Waals surface area contributed by atoms with Gasteiger partial charge < -0.3 is 19.1 Å². The standard InChI is InChI=1S/C13H18F6NO9S2/c1-10(5-2-3-6-10)29-8-28-7-4-9(21)20(22)30(23,24)12(16,17)11(14,15)13(18,19)31(25,26)27/h2-8H2,1H3,(H,25,26,27)/q-1. The number of sulfonamides is 1. The lowest BCUT2D eigenvalue weighted by Gasteiger charge is -2.36. The molecule has 0 unspecified atom stereocenters. The van der Waals surface area contributed by atoms with Crippen LogP contribution in [0.25, 0.3) is 0 Å². The van der Waals surface area contributed by atoms with Gasteiger partial charge in [0.1, 0.15) is 6.79 Å². The predicted octanol–water partition coefficient (Wildman–Crippen LogP) is 2.06. The van der Waals surface area contributed by atoms with Crippen molar-refractivity contribution in [3.63, 3.8) is 0 Å². The van der Waals surface area contributed by atoms with Crippen molar-refractivity contribution in [3.8, 4) is 0 Å². The van der Waals surface area contributed by atoms with Gasteiger partial charge >= 0.3 is 26.5 Å². The quantitative estimate of drug-likeness (QED) is 0.145. The monoisotopic (exact) mass is 510 g/mol. The summed E-state index contributed by atoms with van der Waals surface area (Å²) in [4.78, 5) is 11.5. The minimum atomic E-state index is -7.40. The second-order valence-electron chi connectivity index (χ2n) is 6.79. The molecule has 0 aromatic heterocycles. The van der Waals surface area contributed by atoms with Gasteiger partial charge in [0.2, 0.25) is 5.91 Å². The number of amides is 1. The molecule has 0 radical (unpaired) electrons. The molecule has 1 aliphatic carbocycles. The van der Waals surface area contributed by atoms with E-state index in [0.29, 0.717) is 12.8 Å². The Kier molecular flexibility index (Phi) is 8.05. The number of carbonyl (C=O) groups excluding carboxylic acids is 1. The van der Waals surface area contributed by atoms with Crippen molar-refractivity contribution in [2.45, 2.75) is 61.1 Å². The minimum absolute atomic E-state index is 0.440. The molecule has 0 spiro atoms. The summed E-state index contributed by atoms with van der Waals surface area (Å²) in [6.45, 7) is 0.529. The molecule has 1 amide bonds. The van der Waals surface area contributed by atoms with Crippen molar-refractivity contribution in [3.05, 3.63) is 5.21 Å². The lowest BCUT2D eigenvalue weighted by Crippen LogP contribution is -2.63. The maximum Gasteiger partial charge on any atom is 0.439 e. The van der Waals surface area contributed by atoms with Gasteiger partial charge in [-0.1, -0.05) is 12.8 Å². The summed E-state index contributed by atoms with van der Waals surface area (Å²) in [6.07, 6.45) is 1.90. The van der Waals surface area contributed by atoms with Crippen LogP contribution in [0.4, 0.5) is 26.3 Å². The molecule has 1 fully saturated rings. The van der Waals surface area contributed by atoms with E-state index < -0.39 is 72.4 Å². The molecule has 1 aliphatic rings. The SMILES string of the molecule is CC1(OCOCCC(=O)N([O-])S(=O)(=O)C(F)(F)C(F)(F)C(F)(F)S(=O)(=O)O)CCCC1. The molecular weight excluding hydrogens is 492 g/mol. The second kappa shape index (κ2) is 8.97. The van der Waals surface area contributed by atoms with E-state index in [1.54, 1.807) is 6.92 Å². The van der Waals surface area contributed by atoms with E-state index in [1.807, 2.05) is 0 Å². The zero-order valence-corrected chi connectivity index (χ0v) is 17.3. The number of hydrogen-bond acceptors (Lipinski definition) is 8. The number of hydroxylamine groups is 1. The number of hydrogen-bond donors (Lipinski definition) is 1. The number of rotatable bonds is 11. The summed E-state index contributed by atoms with van der Waals surface area (Å²) in [7, 11) is -14.7. The third-order valence-corrected chi connectivity index (χ3v) is 6.86. The van der Waals surface area contributed by atoms with E-state index in [9.17, 15) is 53.2 Å². The minimum Gasteiger partial charge on any atom is -0.742 e. The topological polar surface area (TPSA) is 150 Å². The van der Waals surface area contributed by atoms with Gasteiger partial charge in [-0.05, 0) is 19.8 Å². The average molecular weight is 510 g/mol. The van der Waals surface area contributed by atoms with Gasteiger partial charge in [0, 0.05) is 0 Å². The van der Waals surface area contributed by atoms with Gasteiger partial charge in [0.25, 0.3) is 10.0 Å². The molecule has 0 aromatic carbocycles. The van der Waals surface area contributed by atoms with E-state index in [-0.39, 0.29) is 0 Å². The van der Waals surface area contributed by atoms with Crippen molar-refractivity contribution in [1.29, 1.82) is 0 Å². The predicted molar refractivity (Wildman–Crippen MR) is 88.9 cm³/mol. The van der Waals surface area contributed by atoms with Crippen molar-refractivity contribution in [2.75, 3.05) is 13.4 Å². The van der Waals surface area contributed by atoms with Crippen LogP contribution < -0.4 is 0 Å². The van der Waals surface area contributed by atoms with E-state index in [1.165, 1.54) is 0 Å². The van der Waals surface area contributed by atoms with Gasteiger partial charge in [-0.25, -0.2) is 8.42 Å². The Morgan fingerprint density at radius 3 is 2.00 bits per heavy atom. The highest BCUT2D eigenvalue weighted by atomic mass is 32.2. The van der Waals surface area contributed by atoms with Crippen molar-refractivity contribution < 1.29 is 62.0 Å². The number of ether oxygens (including phenoxy) is 2. The Balaban J connectivity index is 2.83. The fraction of sp³-hybridized carbons (Fsp3) is 0.923. The zero-order valence-electron chi connectivity index (χ0n) is 15.7. The van der Waals surface area contributed by atoms with E-state index in [0.717, 1.165) is 12.8 Å². The third kappa shape index (κ3) is 5.24. The summed E-state index contributed by atoms with van der Waals surface area (Å²) < 4.78 is 140. The molecule has 0 aromatic rings. The fourth-order valence-electron chi connectivity index (χ4n) is 2.49. The van der Waals surface area contributed by atoms with E-state index >= 15 is 0 Å². The zero-order chi connectivity index (χ0) is 24.5. The maximum absolute atomic E-state index is 13.6. The molecule has 10 nitrogen and oxygen atoms in total. The molecule has 0 saturated heterocycles. The molecular formula is C13H18F6NO9S2-. The van der Waals surface area contributed by atoms with Crippen LogP contribution in [-0.2, 0) is 34.4 Å². The molecule has 1 rings (SSSR count). The molecule has 1 saturated carbocycles. The van der Waals surface area contributed by atoms with Crippen LogP contribution in [-0.4, -0.2) is 67.2 Å². The summed E-state index contributed by atoms with van der Waals surface area (Å²) in [5, 5.41) is -2.74. The first-order valence-corrected chi connectivity index (χ1v) is 11.2. The lowest BCUT2D eigenvalue weighted by atomic mass is 10.1. The van der Waals surface area contributed by atoms with Gasteiger partial charge in [-0.3, -0.25) is 9.35 Å². The van der Waals surface area contributed by atoms with E-state index in [2.05, 4.69) is 0 Å². The highest BCUT2D eigenvalue weighted by Gasteiger charge is 2.82. The first kappa shape index (κ1) is 27.8. The van der Waals surface area contributed by atoms with Crippen LogP contribution in [0.3, 0.4) is 0 Å².